The molecule has 2 fully saturated rings. The van der Waals surface area contributed by atoms with Gasteiger partial charge in [-0.1, -0.05) is 36.4 Å². The summed E-state index contributed by atoms with van der Waals surface area (Å²) < 4.78 is 53.7. The molecular formula is C36H44F3N3O. The molecule has 0 aliphatic carbocycles. The van der Waals surface area contributed by atoms with Crippen LogP contribution in [0.3, 0.4) is 0 Å². The molecule has 3 aromatic rings. The van der Waals surface area contributed by atoms with E-state index in [-0.39, 0.29) is 18.2 Å². The van der Waals surface area contributed by atoms with Crippen molar-refractivity contribution in [2.24, 2.45) is 5.41 Å². The van der Waals surface area contributed by atoms with Crippen molar-refractivity contribution < 1.29 is 17.9 Å². The van der Waals surface area contributed by atoms with Crippen LogP contribution >= 0.6 is 0 Å². The fourth-order valence-electron chi connectivity index (χ4n) is 7.36. The molecule has 3 heterocycles. The number of anilines is 1. The SMILES string of the molecule is C[C@@H]1Cc2cc(OCc3ccccc3)ccc2C(c2c(F)cc(N3CCCC4(CCC3)CNC4)cc2F)N1CC(C)(C)F. The minimum absolute atomic E-state index is 0.00899. The molecule has 230 valence electrons. The van der Waals surface area contributed by atoms with Gasteiger partial charge in [-0.05, 0) is 99.2 Å². The number of nitrogens with zero attached hydrogens (tertiary/aromatic N) is 2. The number of ether oxygens (including phenoxy) is 1. The fourth-order valence-corrected chi connectivity index (χ4v) is 7.36. The highest BCUT2D eigenvalue weighted by Crippen LogP contribution is 2.43. The molecule has 0 aromatic heterocycles. The van der Waals surface area contributed by atoms with Crippen LogP contribution in [0.5, 0.6) is 5.75 Å². The van der Waals surface area contributed by atoms with Crippen LogP contribution in [0.2, 0.25) is 0 Å². The highest BCUT2D eigenvalue weighted by atomic mass is 19.1. The Hall–Kier alpha value is -3.03. The zero-order valence-electron chi connectivity index (χ0n) is 25.6. The van der Waals surface area contributed by atoms with Crippen LogP contribution in [-0.2, 0) is 13.0 Å². The maximum absolute atomic E-state index is 16.2. The van der Waals surface area contributed by atoms with Crippen molar-refractivity contribution in [2.45, 2.75) is 77.2 Å². The lowest BCUT2D eigenvalue weighted by molar-refractivity contribution is 0.0652. The predicted octanol–water partition coefficient (Wildman–Crippen LogP) is 7.60. The van der Waals surface area contributed by atoms with Gasteiger partial charge in [0.1, 0.15) is 29.7 Å². The first-order valence-electron chi connectivity index (χ1n) is 15.8. The van der Waals surface area contributed by atoms with E-state index in [9.17, 15) is 0 Å². The summed E-state index contributed by atoms with van der Waals surface area (Å²) in [7, 11) is 0. The molecule has 7 heteroatoms. The monoisotopic (exact) mass is 591 g/mol. The summed E-state index contributed by atoms with van der Waals surface area (Å²) >= 11 is 0. The topological polar surface area (TPSA) is 27.7 Å². The quantitative estimate of drug-likeness (QED) is 0.306. The summed E-state index contributed by atoms with van der Waals surface area (Å²) in [4.78, 5) is 4.06. The lowest BCUT2D eigenvalue weighted by Crippen LogP contribution is -2.54. The third kappa shape index (κ3) is 6.58. The maximum Gasteiger partial charge on any atom is 0.133 e. The van der Waals surface area contributed by atoms with Crippen molar-refractivity contribution in [3.63, 3.8) is 0 Å². The molecule has 3 aromatic carbocycles. The van der Waals surface area contributed by atoms with E-state index >= 15 is 13.2 Å². The number of hydrogen-bond acceptors (Lipinski definition) is 4. The molecule has 43 heavy (non-hydrogen) atoms. The van der Waals surface area contributed by atoms with Crippen molar-refractivity contribution in [3.05, 3.63) is 94.6 Å². The van der Waals surface area contributed by atoms with Gasteiger partial charge in [0.15, 0.2) is 0 Å². The van der Waals surface area contributed by atoms with E-state index in [0.717, 1.165) is 68.6 Å². The molecule has 4 nitrogen and oxygen atoms in total. The van der Waals surface area contributed by atoms with Crippen LogP contribution in [0.25, 0.3) is 0 Å². The summed E-state index contributed by atoms with van der Waals surface area (Å²) in [5.41, 5.74) is 2.29. The van der Waals surface area contributed by atoms with Crippen LogP contribution in [0.4, 0.5) is 18.9 Å². The van der Waals surface area contributed by atoms with Crippen LogP contribution < -0.4 is 15.0 Å². The Morgan fingerprint density at radius 1 is 0.953 bits per heavy atom. The van der Waals surface area contributed by atoms with Crippen molar-refractivity contribution in [1.82, 2.24) is 10.2 Å². The molecule has 6 rings (SSSR count). The molecular weight excluding hydrogens is 547 g/mol. The lowest BCUT2D eigenvalue weighted by atomic mass is 9.73. The van der Waals surface area contributed by atoms with Gasteiger partial charge in [-0.25, -0.2) is 13.2 Å². The van der Waals surface area contributed by atoms with E-state index in [2.05, 4.69) is 10.2 Å². The van der Waals surface area contributed by atoms with Crippen molar-refractivity contribution in [2.75, 3.05) is 37.6 Å². The predicted molar refractivity (Wildman–Crippen MR) is 166 cm³/mol. The molecule has 3 aliphatic heterocycles. The average Bonchev–Trinajstić information content (AvgIpc) is 2.92. The van der Waals surface area contributed by atoms with Crippen molar-refractivity contribution >= 4 is 5.69 Å². The molecule has 2 saturated heterocycles. The van der Waals surface area contributed by atoms with Gasteiger partial charge in [-0.3, -0.25) is 4.90 Å². The first kappa shape index (κ1) is 30.0. The second-order valence-corrected chi connectivity index (χ2v) is 13.6. The highest BCUT2D eigenvalue weighted by Gasteiger charge is 2.40. The molecule has 0 radical (unpaired) electrons. The highest BCUT2D eigenvalue weighted by molar-refractivity contribution is 5.52. The third-order valence-corrected chi connectivity index (χ3v) is 9.60. The van der Waals surface area contributed by atoms with E-state index in [4.69, 9.17) is 4.74 Å². The number of hydrogen-bond donors (Lipinski definition) is 1. The van der Waals surface area contributed by atoms with E-state index in [1.807, 2.05) is 60.4 Å². The van der Waals surface area contributed by atoms with Crippen LogP contribution in [0.15, 0.2) is 60.7 Å². The molecule has 0 saturated carbocycles. The standard InChI is InChI=1S/C36H44F3N3O/c1-25-17-27-18-29(43-21-26-9-5-4-6-10-26)11-12-30(27)34(42(25)24-35(2,3)39)33-31(37)19-28(20-32(33)38)41-15-7-13-36(14-8-16-41)22-40-23-36/h4-6,9-12,18-20,25,34,40H,7-8,13-17,21-24H2,1-3H3/t25-,34?/m1/s1. The second-order valence-electron chi connectivity index (χ2n) is 13.6. The summed E-state index contributed by atoms with van der Waals surface area (Å²) in [6.45, 7) is 9.29. The minimum Gasteiger partial charge on any atom is -0.489 e. The van der Waals surface area contributed by atoms with Gasteiger partial charge in [-0.2, -0.15) is 0 Å². The molecule has 2 atom stereocenters. The summed E-state index contributed by atoms with van der Waals surface area (Å²) in [6.07, 6.45) is 4.93. The minimum atomic E-state index is -1.53. The van der Waals surface area contributed by atoms with Crippen molar-refractivity contribution in [3.8, 4) is 5.75 Å². The summed E-state index contributed by atoms with van der Waals surface area (Å²) in [5.74, 6) is -0.443. The van der Waals surface area contributed by atoms with Gasteiger partial charge in [0.05, 0.1) is 6.04 Å². The van der Waals surface area contributed by atoms with Gasteiger partial charge < -0.3 is 15.0 Å². The number of rotatable bonds is 7. The number of alkyl halides is 1. The second kappa shape index (κ2) is 12.2. The van der Waals surface area contributed by atoms with Gasteiger partial charge in [0.2, 0.25) is 0 Å². The molecule has 3 aliphatic rings. The lowest BCUT2D eigenvalue weighted by Gasteiger charge is -2.45. The average molecular weight is 592 g/mol. The zero-order chi connectivity index (χ0) is 30.2. The first-order chi connectivity index (χ1) is 20.6. The third-order valence-electron chi connectivity index (χ3n) is 9.60. The Morgan fingerprint density at radius 3 is 2.23 bits per heavy atom. The Kier molecular flexibility index (Phi) is 8.49. The van der Waals surface area contributed by atoms with Gasteiger partial charge in [0.25, 0.3) is 0 Å². The van der Waals surface area contributed by atoms with E-state index in [1.54, 1.807) is 0 Å². The zero-order valence-corrected chi connectivity index (χ0v) is 25.6. The smallest absolute Gasteiger partial charge is 0.133 e. The number of fused-ring (bicyclic) bond motifs is 1. The largest absolute Gasteiger partial charge is 0.489 e. The number of benzene rings is 3. The fraction of sp³-hybridized carbons (Fsp3) is 0.500. The molecule has 1 N–H and O–H groups in total. The van der Waals surface area contributed by atoms with E-state index < -0.39 is 23.3 Å². The van der Waals surface area contributed by atoms with Gasteiger partial charge in [-0.15, -0.1) is 0 Å². The van der Waals surface area contributed by atoms with Gasteiger partial charge >= 0.3 is 0 Å². The Morgan fingerprint density at radius 2 is 1.63 bits per heavy atom. The molecule has 1 spiro atoms. The van der Waals surface area contributed by atoms with Crippen molar-refractivity contribution in [1.29, 1.82) is 0 Å². The molecule has 1 unspecified atom stereocenters. The summed E-state index contributed by atoms with van der Waals surface area (Å²) in [6, 6.07) is 17.8. The first-order valence-corrected chi connectivity index (χ1v) is 15.8. The number of nitrogens with one attached hydrogen (secondary N) is 1. The van der Waals surface area contributed by atoms with E-state index in [0.29, 0.717) is 29.9 Å². The summed E-state index contributed by atoms with van der Waals surface area (Å²) in [5, 5.41) is 3.41. The Bertz CT molecular complexity index is 1380. The maximum atomic E-state index is 16.2. The normalized spacial score (nSPS) is 22.4. The Labute approximate surface area is 254 Å². The molecule has 0 amide bonds. The number of halogens is 3. The van der Waals surface area contributed by atoms with E-state index in [1.165, 1.54) is 26.0 Å². The van der Waals surface area contributed by atoms with Crippen LogP contribution in [-0.4, -0.2) is 49.3 Å². The van der Waals surface area contributed by atoms with Crippen LogP contribution in [0, 0.1) is 17.0 Å². The Balaban J connectivity index is 1.30. The molecule has 0 bridgehead atoms. The van der Waals surface area contributed by atoms with Gasteiger partial charge in [0, 0.05) is 50.0 Å². The van der Waals surface area contributed by atoms with Crippen LogP contribution in [0.1, 0.15) is 74.8 Å².